The van der Waals surface area contributed by atoms with E-state index in [1.165, 1.54) is 0 Å². The fourth-order valence-electron chi connectivity index (χ4n) is 0.569. The van der Waals surface area contributed by atoms with Gasteiger partial charge in [0.2, 0.25) is 0 Å². The molecule has 0 aromatic carbocycles. The zero-order valence-corrected chi connectivity index (χ0v) is 12.1. The average Bonchev–Trinajstić information content (AvgIpc) is 2.27. The summed E-state index contributed by atoms with van der Waals surface area (Å²) in [5.74, 6) is 0. The van der Waals surface area contributed by atoms with Crippen LogP contribution < -0.4 is 17.2 Å². The summed E-state index contributed by atoms with van der Waals surface area (Å²) >= 11 is -5.99. The van der Waals surface area contributed by atoms with Gasteiger partial charge >= 0.3 is 89.5 Å². The van der Waals surface area contributed by atoms with Crippen LogP contribution in [-0.2, 0) is 9.47 Å². The fraction of sp³-hybridized carbons (Fsp3) is 0. The fourth-order valence-corrected chi connectivity index (χ4v) is 41.7. The molecule has 0 radical (unpaired) electrons. The molecule has 2 aliphatic rings. The third-order valence-electron chi connectivity index (χ3n) is 0.955. The zero-order chi connectivity index (χ0) is 9.59. The van der Waals surface area contributed by atoms with Crippen LogP contribution in [0.2, 0.25) is 0 Å². The number of fused-ring (bicyclic) bond motifs is 1. The number of ether oxygens (including phenoxy) is 2. The first-order chi connectivity index (χ1) is 6.09. The Morgan fingerprint density at radius 3 is 2.23 bits per heavy atom. The van der Waals surface area contributed by atoms with Crippen molar-refractivity contribution in [3.63, 3.8) is 0 Å². The van der Waals surface area contributed by atoms with E-state index in [9.17, 15) is 19.2 Å². The van der Waals surface area contributed by atoms with Crippen molar-refractivity contribution >= 4 is 43.6 Å². The number of hydrogen-bond acceptors (Lipinski definition) is 6. The maximum absolute atomic E-state index is 11.1. The summed E-state index contributed by atoms with van der Waals surface area (Å²) in [6.07, 6.45) is 0. The minimum absolute atomic E-state index is 0.544. The third kappa shape index (κ3) is 1.69. The molecule has 0 aromatic heterocycles. The van der Waals surface area contributed by atoms with Crippen LogP contribution in [0.25, 0.3) is 0 Å². The molecule has 0 atom stereocenters. The normalized spacial score (nSPS) is 27.7. The van der Waals surface area contributed by atoms with Gasteiger partial charge in [-0.3, -0.25) is 0 Å². The summed E-state index contributed by atoms with van der Waals surface area (Å²) < 4.78 is 6.18. The molecule has 2 saturated heterocycles. The van der Waals surface area contributed by atoms with Crippen LogP contribution in [0.15, 0.2) is 0 Å². The molecule has 74 valence electrons. The molecule has 0 unspecified atom stereocenters. The van der Waals surface area contributed by atoms with Crippen molar-refractivity contribution < 1.29 is 45.9 Å². The van der Waals surface area contributed by atoms with Gasteiger partial charge in [-0.05, 0) is 0 Å². The molecule has 0 aromatic rings. The summed E-state index contributed by atoms with van der Waals surface area (Å²) in [5.41, 5.74) is 0. The Labute approximate surface area is 88.2 Å². The molecule has 9 heteroatoms. The Kier molecular flexibility index (Phi) is 2.74. The standard InChI is InChI=1S/C4I3O6/c8-1-5-7-4(11)13-3(10)6(7)2(9)12-1/q-1. The topological polar surface area (TPSA) is 86.7 Å². The number of hydrogen-bond donors (Lipinski definition) is 0. The van der Waals surface area contributed by atoms with Crippen molar-refractivity contribution in [1.29, 1.82) is 0 Å². The Bertz CT molecular complexity index is 337. The molecule has 2 fully saturated rings. The molecule has 13 heavy (non-hydrogen) atoms. The van der Waals surface area contributed by atoms with Crippen LogP contribution in [0.5, 0.6) is 0 Å². The van der Waals surface area contributed by atoms with Crippen LogP contribution >= 0.6 is 27.7 Å². The SMILES string of the molecule is O=C1OC(=O)I2C(=O)OC(=O)I2[I-]1. The van der Waals surface area contributed by atoms with Crippen LogP contribution in [0.1, 0.15) is 0 Å². The van der Waals surface area contributed by atoms with Gasteiger partial charge in [-0.2, -0.15) is 0 Å². The molecule has 0 saturated carbocycles. The average molecular weight is 525 g/mol. The summed E-state index contributed by atoms with van der Waals surface area (Å²) in [5, 5.41) is 0. The van der Waals surface area contributed by atoms with Gasteiger partial charge < -0.3 is 0 Å². The van der Waals surface area contributed by atoms with Gasteiger partial charge in [0.1, 0.15) is 0 Å². The molecular formula is C4I3O6-. The Hall–Kier alpha value is 0.470. The third-order valence-corrected chi connectivity index (χ3v) is 44.6. The van der Waals surface area contributed by atoms with Gasteiger partial charge in [-0.15, -0.1) is 0 Å². The minimum atomic E-state index is -2.64. The Morgan fingerprint density at radius 2 is 1.54 bits per heavy atom. The second-order valence-corrected chi connectivity index (χ2v) is 37.7. The predicted molar refractivity (Wildman–Crippen MR) is 51.8 cm³/mol. The number of carbonyl (C=O) groups excluding carboxylic acids is 4. The molecule has 0 amide bonds. The summed E-state index contributed by atoms with van der Waals surface area (Å²) in [7, 11) is 0. The van der Waals surface area contributed by atoms with Crippen LogP contribution in [0.3, 0.4) is 0 Å². The second kappa shape index (κ2) is 3.56. The molecule has 6 nitrogen and oxygen atoms in total. The molecule has 2 rings (SSSR count). The van der Waals surface area contributed by atoms with Gasteiger partial charge in [0, 0.05) is 0 Å². The summed E-state index contributed by atoms with van der Waals surface area (Å²) in [6, 6.07) is 0. The quantitative estimate of drug-likeness (QED) is 0.240. The first-order valence-corrected chi connectivity index (χ1v) is 19.6. The molecular weight excluding hydrogens is 525 g/mol. The number of cyclic esters (lactones) is 4. The van der Waals surface area contributed by atoms with Gasteiger partial charge in [0.15, 0.2) is 0 Å². The summed E-state index contributed by atoms with van der Waals surface area (Å²) in [6.45, 7) is 0. The predicted octanol–water partition coefficient (Wildman–Crippen LogP) is -0.541. The van der Waals surface area contributed by atoms with E-state index in [0.717, 1.165) is 0 Å². The Balaban J connectivity index is 2.34. The van der Waals surface area contributed by atoms with E-state index in [1.54, 1.807) is 0 Å². The van der Waals surface area contributed by atoms with Crippen molar-refractivity contribution in [2.75, 3.05) is 0 Å². The molecule has 2 heterocycles. The molecule has 0 N–H and O–H groups in total. The zero-order valence-electron chi connectivity index (χ0n) is 5.58. The van der Waals surface area contributed by atoms with E-state index in [2.05, 4.69) is 9.47 Å². The van der Waals surface area contributed by atoms with Crippen molar-refractivity contribution in [3.05, 3.63) is 0 Å². The van der Waals surface area contributed by atoms with Crippen molar-refractivity contribution in [2.24, 2.45) is 0 Å². The Morgan fingerprint density at radius 1 is 0.923 bits per heavy atom. The molecule has 2 aliphatic heterocycles. The summed E-state index contributed by atoms with van der Waals surface area (Å²) in [4.78, 5) is 43.9. The van der Waals surface area contributed by atoms with Gasteiger partial charge in [0.05, 0.1) is 0 Å². The van der Waals surface area contributed by atoms with E-state index >= 15 is 0 Å². The van der Waals surface area contributed by atoms with E-state index in [-0.39, 0.29) is 0 Å². The van der Waals surface area contributed by atoms with Gasteiger partial charge in [-0.25, -0.2) is 0 Å². The monoisotopic (exact) mass is 525 g/mol. The van der Waals surface area contributed by atoms with Crippen molar-refractivity contribution in [2.45, 2.75) is 0 Å². The first-order valence-electron chi connectivity index (χ1n) is 2.67. The van der Waals surface area contributed by atoms with Crippen molar-refractivity contribution in [1.82, 2.24) is 0 Å². The van der Waals surface area contributed by atoms with E-state index < -0.39 is 60.8 Å². The first kappa shape index (κ1) is 10.0. The van der Waals surface area contributed by atoms with Crippen LogP contribution in [0.4, 0.5) is 19.2 Å². The van der Waals surface area contributed by atoms with Gasteiger partial charge in [-0.1, -0.05) is 0 Å². The molecule has 0 aliphatic carbocycles. The van der Waals surface area contributed by atoms with Crippen molar-refractivity contribution in [3.8, 4) is 0 Å². The van der Waals surface area contributed by atoms with Crippen LogP contribution in [-0.4, -0.2) is 15.9 Å². The maximum atomic E-state index is 11.1. The number of carbonyl (C=O) groups is 4. The van der Waals surface area contributed by atoms with E-state index in [4.69, 9.17) is 0 Å². The number of rotatable bonds is 0. The molecule has 0 spiro atoms. The van der Waals surface area contributed by atoms with E-state index in [0.29, 0.717) is 0 Å². The molecule has 0 bridgehead atoms. The number of halogens is 3. The van der Waals surface area contributed by atoms with Crippen LogP contribution in [0, 0.1) is 0 Å². The second-order valence-electron chi connectivity index (χ2n) is 1.66. The van der Waals surface area contributed by atoms with E-state index in [1.807, 2.05) is 0 Å². The van der Waals surface area contributed by atoms with Gasteiger partial charge in [0.25, 0.3) is 0 Å².